The second kappa shape index (κ2) is 7.35. The number of hydrogen-bond acceptors (Lipinski definition) is 4. The molecule has 1 atom stereocenters. The molecule has 1 aromatic carbocycles. The van der Waals surface area contributed by atoms with Crippen molar-refractivity contribution in [2.75, 3.05) is 24.5 Å². The molecule has 3 aromatic rings. The molecule has 0 spiro atoms. The van der Waals surface area contributed by atoms with Crippen molar-refractivity contribution in [3.8, 4) is 0 Å². The van der Waals surface area contributed by atoms with Crippen LogP contribution in [0.4, 0.5) is 5.69 Å². The molecule has 0 N–H and O–H groups in total. The fraction of sp³-hybridized carbons (Fsp3) is 0.318. The largest absolute Gasteiger partial charge is 0.365 e. The molecule has 0 bridgehead atoms. The second-order valence-electron chi connectivity index (χ2n) is 7.04. The molecule has 5 heteroatoms. The lowest BCUT2D eigenvalue weighted by Crippen LogP contribution is -2.53. The number of benzene rings is 1. The van der Waals surface area contributed by atoms with Gasteiger partial charge in [-0.25, -0.2) is 4.98 Å². The van der Waals surface area contributed by atoms with E-state index in [0.717, 1.165) is 29.6 Å². The number of aryl methyl sites for hydroxylation is 1. The van der Waals surface area contributed by atoms with Crippen molar-refractivity contribution in [2.45, 2.75) is 26.3 Å². The number of rotatable bonds is 3. The van der Waals surface area contributed by atoms with Crippen LogP contribution in [-0.4, -0.2) is 46.5 Å². The van der Waals surface area contributed by atoms with Crippen LogP contribution in [0.25, 0.3) is 10.9 Å². The van der Waals surface area contributed by atoms with Crippen LogP contribution in [-0.2, 0) is 6.42 Å². The number of aromatic nitrogens is 2. The highest BCUT2D eigenvalue weighted by molar-refractivity contribution is 5.95. The summed E-state index contributed by atoms with van der Waals surface area (Å²) in [6.07, 6.45) is 4.53. The monoisotopic (exact) mass is 360 g/mol. The first-order valence-electron chi connectivity index (χ1n) is 9.52. The van der Waals surface area contributed by atoms with Crippen molar-refractivity contribution < 1.29 is 4.79 Å². The highest BCUT2D eigenvalue weighted by Crippen LogP contribution is 2.22. The Bertz CT molecular complexity index is 957. The number of amides is 1. The molecule has 3 heterocycles. The van der Waals surface area contributed by atoms with Gasteiger partial charge in [0.2, 0.25) is 0 Å². The maximum absolute atomic E-state index is 13.1. The van der Waals surface area contributed by atoms with Gasteiger partial charge in [-0.1, -0.05) is 31.2 Å². The zero-order chi connectivity index (χ0) is 18.8. The van der Waals surface area contributed by atoms with Crippen LogP contribution in [0.15, 0.2) is 54.9 Å². The van der Waals surface area contributed by atoms with Crippen molar-refractivity contribution >= 4 is 22.5 Å². The van der Waals surface area contributed by atoms with E-state index in [1.165, 1.54) is 5.56 Å². The van der Waals surface area contributed by atoms with Gasteiger partial charge in [-0.05, 0) is 37.1 Å². The predicted octanol–water partition coefficient (Wildman–Crippen LogP) is 3.54. The molecule has 5 nitrogen and oxygen atoms in total. The number of para-hydroxylation sites is 1. The zero-order valence-corrected chi connectivity index (χ0v) is 15.8. The Morgan fingerprint density at radius 2 is 1.93 bits per heavy atom. The van der Waals surface area contributed by atoms with Gasteiger partial charge in [0.05, 0.1) is 5.52 Å². The van der Waals surface area contributed by atoms with Crippen molar-refractivity contribution in [3.05, 3.63) is 66.1 Å². The molecule has 0 radical (unpaired) electrons. The lowest BCUT2D eigenvalue weighted by Gasteiger charge is -2.41. The molecule has 4 rings (SSSR count). The third-order valence-corrected chi connectivity index (χ3v) is 5.31. The van der Waals surface area contributed by atoms with Gasteiger partial charge in [-0.3, -0.25) is 9.78 Å². The zero-order valence-electron chi connectivity index (χ0n) is 15.8. The number of carbonyl (C=O) groups is 1. The average molecular weight is 360 g/mol. The van der Waals surface area contributed by atoms with Gasteiger partial charge in [-0.2, -0.15) is 0 Å². The van der Waals surface area contributed by atoms with E-state index in [-0.39, 0.29) is 11.9 Å². The van der Waals surface area contributed by atoms with E-state index in [1.807, 2.05) is 53.7 Å². The van der Waals surface area contributed by atoms with Crippen LogP contribution in [0.5, 0.6) is 0 Å². The Morgan fingerprint density at radius 1 is 1.11 bits per heavy atom. The smallest absolute Gasteiger partial charge is 0.272 e. The molecule has 138 valence electrons. The summed E-state index contributed by atoms with van der Waals surface area (Å²) >= 11 is 0. The number of nitrogens with zero attached hydrogens (tertiary/aromatic N) is 4. The fourth-order valence-corrected chi connectivity index (χ4v) is 3.84. The van der Waals surface area contributed by atoms with Crippen molar-refractivity contribution in [1.82, 2.24) is 14.9 Å². The molecule has 1 fully saturated rings. The fourth-order valence-electron chi connectivity index (χ4n) is 3.84. The Labute approximate surface area is 159 Å². The predicted molar refractivity (Wildman–Crippen MR) is 108 cm³/mol. The highest BCUT2D eigenvalue weighted by Gasteiger charge is 2.28. The first-order valence-corrected chi connectivity index (χ1v) is 9.52. The highest BCUT2D eigenvalue weighted by atomic mass is 16.2. The molecule has 27 heavy (non-hydrogen) atoms. The molecule has 1 amide bonds. The molecular weight excluding hydrogens is 336 g/mol. The normalized spacial score (nSPS) is 17.3. The van der Waals surface area contributed by atoms with Crippen molar-refractivity contribution in [2.24, 2.45) is 0 Å². The van der Waals surface area contributed by atoms with Gasteiger partial charge in [0.25, 0.3) is 5.91 Å². The van der Waals surface area contributed by atoms with Crippen LogP contribution in [0.2, 0.25) is 0 Å². The SMILES string of the molecule is CCc1cccc2ccc(C(=O)N3CCN(c4ccncc4)C(C)C3)nc12. The van der Waals surface area contributed by atoms with Crippen molar-refractivity contribution in [3.63, 3.8) is 0 Å². The van der Waals surface area contributed by atoms with Crippen LogP contribution in [0.1, 0.15) is 29.9 Å². The van der Waals surface area contributed by atoms with Gasteiger partial charge in [-0.15, -0.1) is 0 Å². The maximum Gasteiger partial charge on any atom is 0.272 e. The molecule has 0 saturated carbocycles. The topological polar surface area (TPSA) is 49.3 Å². The van der Waals surface area contributed by atoms with E-state index in [9.17, 15) is 4.79 Å². The van der Waals surface area contributed by atoms with E-state index in [4.69, 9.17) is 4.98 Å². The minimum absolute atomic E-state index is 0.0176. The molecule has 1 aliphatic rings. The molecule has 2 aromatic heterocycles. The molecule has 1 saturated heterocycles. The van der Waals surface area contributed by atoms with E-state index < -0.39 is 0 Å². The number of pyridine rings is 2. The van der Waals surface area contributed by atoms with Gasteiger partial charge < -0.3 is 9.80 Å². The molecule has 1 unspecified atom stereocenters. The van der Waals surface area contributed by atoms with Gasteiger partial charge in [0.15, 0.2) is 0 Å². The minimum atomic E-state index is 0.0176. The summed E-state index contributed by atoms with van der Waals surface area (Å²) in [5, 5.41) is 1.08. The maximum atomic E-state index is 13.1. The summed E-state index contributed by atoms with van der Waals surface area (Å²) in [5.74, 6) is 0.0176. The Kier molecular flexibility index (Phi) is 4.75. The van der Waals surface area contributed by atoms with E-state index in [2.05, 4.69) is 29.8 Å². The number of fused-ring (bicyclic) bond motifs is 1. The lowest BCUT2D eigenvalue weighted by atomic mass is 10.1. The second-order valence-corrected chi connectivity index (χ2v) is 7.04. The van der Waals surface area contributed by atoms with E-state index >= 15 is 0 Å². The summed E-state index contributed by atoms with van der Waals surface area (Å²) in [6, 6.07) is 14.3. The first-order chi connectivity index (χ1) is 13.2. The van der Waals surface area contributed by atoms with Crippen LogP contribution in [0, 0.1) is 0 Å². The Balaban J connectivity index is 1.55. The third-order valence-electron chi connectivity index (χ3n) is 5.31. The number of anilines is 1. The number of carbonyl (C=O) groups excluding carboxylic acids is 1. The number of piperazine rings is 1. The van der Waals surface area contributed by atoms with Gasteiger partial charge in [0.1, 0.15) is 5.69 Å². The quantitative estimate of drug-likeness (QED) is 0.717. The van der Waals surface area contributed by atoms with Crippen molar-refractivity contribution in [1.29, 1.82) is 0 Å². The average Bonchev–Trinajstić information content (AvgIpc) is 2.73. The third kappa shape index (κ3) is 3.37. The summed E-state index contributed by atoms with van der Waals surface area (Å²) in [7, 11) is 0. The van der Waals surface area contributed by atoms with Crippen LogP contribution >= 0.6 is 0 Å². The van der Waals surface area contributed by atoms with Crippen LogP contribution < -0.4 is 4.90 Å². The summed E-state index contributed by atoms with van der Waals surface area (Å²) in [6.45, 7) is 6.47. The molecule has 0 aliphatic carbocycles. The lowest BCUT2D eigenvalue weighted by molar-refractivity contribution is 0.0721. The minimum Gasteiger partial charge on any atom is -0.365 e. The molecule has 1 aliphatic heterocycles. The Morgan fingerprint density at radius 3 is 2.67 bits per heavy atom. The van der Waals surface area contributed by atoms with E-state index in [0.29, 0.717) is 18.8 Å². The van der Waals surface area contributed by atoms with Crippen LogP contribution in [0.3, 0.4) is 0 Å². The van der Waals surface area contributed by atoms with E-state index in [1.54, 1.807) is 0 Å². The number of hydrogen-bond donors (Lipinski definition) is 0. The first kappa shape index (κ1) is 17.5. The molecular formula is C22H24N4O. The summed E-state index contributed by atoms with van der Waals surface area (Å²) < 4.78 is 0. The summed E-state index contributed by atoms with van der Waals surface area (Å²) in [4.78, 5) is 26.1. The Hall–Kier alpha value is -2.95. The standard InChI is InChI=1S/C22H24N4O/c1-3-17-5-4-6-18-7-8-20(24-21(17)18)22(27)25-13-14-26(16(2)15-25)19-9-11-23-12-10-19/h4-12,16H,3,13-15H2,1-2H3. The van der Waals surface area contributed by atoms with Gasteiger partial charge >= 0.3 is 0 Å². The van der Waals surface area contributed by atoms with Gasteiger partial charge in [0, 0.05) is 49.1 Å². The summed E-state index contributed by atoms with van der Waals surface area (Å²) in [5.41, 5.74) is 3.81.